The van der Waals surface area contributed by atoms with Crippen LogP contribution in [0, 0.1) is 6.92 Å². The smallest absolute Gasteiger partial charge is 0.313 e. The third-order valence-electron chi connectivity index (χ3n) is 3.41. The molecule has 23 heavy (non-hydrogen) atoms. The van der Waals surface area contributed by atoms with Crippen LogP contribution in [0.4, 0.5) is 5.69 Å². The Morgan fingerprint density at radius 2 is 1.87 bits per heavy atom. The van der Waals surface area contributed by atoms with Crippen LogP contribution in [0.25, 0.3) is 0 Å². The maximum Gasteiger partial charge on any atom is 0.313 e. The largest absolute Gasteiger partial charge is 0.417 e. The number of hydrogen-bond acceptors (Lipinski definition) is 4. The van der Waals surface area contributed by atoms with Gasteiger partial charge in [-0.2, -0.15) is 0 Å². The zero-order valence-corrected chi connectivity index (χ0v) is 12.8. The van der Waals surface area contributed by atoms with Crippen molar-refractivity contribution in [2.75, 3.05) is 5.32 Å². The number of amides is 1. The van der Waals surface area contributed by atoms with E-state index in [1.165, 1.54) is 5.56 Å². The molecule has 0 unspecified atom stereocenters. The number of aryl methyl sites for hydroxylation is 3. The molecule has 2 aromatic carbocycles. The molecule has 0 radical (unpaired) electrons. The van der Waals surface area contributed by atoms with Crippen LogP contribution in [-0.4, -0.2) is 16.1 Å². The van der Waals surface area contributed by atoms with Gasteiger partial charge in [-0.25, -0.2) is 0 Å². The highest BCUT2D eigenvalue weighted by Gasteiger charge is 2.15. The van der Waals surface area contributed by atoms with Gasteiger partial charge in [0.05, 0.1) is 0 Å². The van der Waals surface area contributed by atoms with Gasteiger partial charge in [0.1, 0.15) is 0 Å². The van der Waals surface area contributed by atoms with Crippen LogP contribution < -0.4 is 5.32 Å². The predicted molar refractivity (Wildman–Crippen MR) is 87.3 cm³/mol. The van der Waals surface area contributed by atoms with E-state index in [1.807, 2.05) is 61.5 Å². The van der Waals surface area contributed by atoms with Crippen molar-refractivity contribution in [2.24, 2.45) is 0 Å². The maximum atomic E-state index is 12.1. The lowest BCUT2D eigenvalue weighted by Crippen LogP contribution is -2.12. The van der Waals surface area contributed by atoms with Crippen LogP contribution in [0.3, 0.4) is 0 Å². The quantitative estimate of drug-likeness (QED) is 0.784. The molecule has 5 nitrogen and oxygen atoms in total. The van der Waals surface area contributed by atoms with Crippen LogP contribution in [-0.2, 0) is 12.8 Å². The molecular formula is C18H17N3O2. The molecule has 1 N–H and O–H groups in total. The van der Waals surface area contributed by atoms with Crippen molar-refractivity contribution in [2.45, 2.75) is 19.8 Å². The molecule has 3 aromatic rings. The van der Waals surface area contributed by atoms with Crippen molar-refractivity contribution >= 4 is 11.6 Å². The summed E-state index contributed by atoms with van der Waals surface area (Å²) in [5, 5.41) is 10.5. The van der Waals surface area contributed by atoms with Gasteiger partial charge in [0.15, 0.2) is 0 Å². The third-order valence-corrected chi connectivity index (χ3v) is 3.41. The fourth-order valence-electron chi connectivity index (χ4n) is 2.25. The Balaban J connectivity index is 1.61. The molecule has 1 amide bonds. The molecule has 0 saturated heterocycles. The van der Waals surface area contributed by atoms with E-state index in [9.17, 15) is 4.79 Å². The van der Waals surface area contributed by atoms with Crippen molar-refractivity contribution in [3.63, 3.8) is 0 Å². The zero-order valence-electron chi connectivity index (χ0n) is 12.8. The molecule has 0 aliphatic heterocycles. The summed E-state index contributed by atoms with van der Waals surface area (Å²) < 4.78 is 5.44. The predicted octanol–water partition coefficient (Wildman–Crippen LogP) is 3.42. The second kappa shape index (κ2) is 6.87. The van der Waals surface area contributed by atoms with Gasteiger partial charge < -0.3 is 9.73 Å². The van der Waals surface area contributed by atoms with Gasteiger partial charge in [0.2, 0.25) is 5.89 Å². The first kappa shape index (κ1) is 15.0. The van der Waals surface area contributed by atoms with Crippen molar-refractivity contribution < 1.29 is 9.21 Å². The van der Waals surface area contributed by atoms with E-state index in [-0.39, 0.29) is 5.89 Å². The summed E-state index contributed by atoms with van der Waals surface area (Å²) in [6, 6.07) is 17.6. The molecular weight excluding hydrogens is 290 g/mol. The second-order valence-electron chi connectivity index (χ2n) is 5.31. The maximum absolute atomic E-state index is 12.1. The van der Waals surface area contributed by atoms with Crippen molar-refractivity contribution in [3.05, 3.63) is 77.5 Å². The number of anilines is 1. The summed E-state index contributed by atoms with van der Waals surface area (Å²) in [6.45, 7) is 1.96. The molecule has 0 spiro atoms. The molecule has 0 fully saturated rings. The lowest BCUT2D eigenvalue weighted by molar-refractivity contribution is 0.0988. The summed E-state index contributed by atoms with van der Waals surface area (Å²) in [4.78, 5) is 12.1. The number of nitrogens with one attached hydrogen (secondary N) is 1. The molecule has 5 heteroatoms. The van der Waals surface area contributed by atoms with E-state index in [1.54, 1.807) is 0 Å². The number of rotatable bonds is 5. The lowest BCUT2D eigenvalue weighted by Gasteiger charge is -2.02. The molecule has 116 valence electrons. The highest BCUT2D eigenvalue weighted by atomic mass is 16.4. The topological polar surface area (TPSA) is 68.0 Å². The molecule has 0 aliphatic rings. The van der Waals surface area contributed by atoms with E-state index in [4.69, 9.17) is 4.42 Å². The fraction of sp³-hybridized carbons (Fsp3) is 0.167. The van der Waals surface area contributed by atoms with Crippen molar-refractivity contribution in [1.29, 1.82) is 0 Å². The normalized spacial score (nSPS) is 10.5. The minimum atomic E-state index is -0.394. The molecule has 1 aromatic heterocycles. The van der Waals surface area contributed by atoms with Crippen LogP contribution in [0.1, 0.15) is 27.7 Å². The summed E-state index contributed by atoms with van der Waals surface area (Å²) in [7, 11) is 0. The van der Waals surface area contributed by atoms with Crippen LogP contribution in [0.15, 0.2) is 59.0 Å². The average Bonchev–Trinajstić information content (AvgIpc) is 3.03. The Morgan fingerprint density at radius 3 is 2.65 bits per heavy atom. The first-order valence-corrected chi connectivity index (χ1v) is 7.45. The minimum Gasteiger partial charge on any atom is -0.417 e. The van der Waals surface area contributed by atoms with Gasteiger partial charge in [0.25, 0.3) is 0 Å². The highest BCUT2D eigenvalue weighted by Crippen LogP contribution is 2.12. The van der Waals surface area contributed by atoms with Gasteiger partial charge in [-0.05, 0) is 36.6 Å². The standard InChI is InChI=1S/C18H17N3O2/c1-13-6-5-9-15(12-13)19-17(22)18-21-20-16(23-18)11-10-14-7-3-2-4-8-14/h2-9,12H,10-11H2,1H3,(H,19,22). The van der Waals surface area contributed by atoms with Gasteiger partial charge in [-0.15, -0.1) is 10.2 Å². The average molecular weight is 307 g/mol. The molecule has 3 rings (SSSR count). The van der Waals surface area contributed by atoms with Crippen LogP contribution in [0.2, 0.25) is 0 Å². The Kier molecular flexibility index (Phi) is 4.47. The molecule has 0 aliphatic carbocycles. The van der Waals surface area contributed by atoms with Gasteiger partial charge in [-0.3, -0.25) is 4.79 Å². The summed E-state index contributed by atoms with van der Waals surface area (Å²) in [6.07, 6.45) is 1.40. The zero-order chi connectivity index (χ0) is 16.1. The Bertz CT molecular complexity index is 797. The van der Waals surface area contributed by atoms with E-state index in [0.29, 0.717) is 18.0 Å². The monoisotopic (exact) mass is 307 g/mol. The van der Waals surface area contributed by atoms with Crippen molar-refractivity contribution in [1.82, 2.24) is 10.2 Å². The Hall–Kier alpha value is -2.95. The second-order valence-corrected chi connectivity index (χ2v) is 5.31. The molecule has 0 atom stereocenters. The number of nitrogens with zero attached hydrogens (tertiary/aromatic N) is 2. The first-order valence-electron chi connectivity index (χ1n) is 7.45. The van der Waals surface area contributed by atoms with Gasteiger partial charge in [-0.1, -0.05) is 42.5 Å². The van der Waals surface area contributed by atoms with Gasteiger partial charge >= 0.3 is 11.8 Å². The van der Waals surface area contributed by atoms with E-state index >= 15 is 0 Å². The van der Waals surface area contributed by atoms with Crippen molar-refractivity contribution in [3.8, 4) is 0 Å². The SMILES string of the molecule is Cc1cccc(NC(=O)c2nnc(CCc3ccccc3)o2)c1. The Labute approximate surface area is 134 Å². The Morgan fingerprint density at radius 1 is 1.04 bits per heavy atom. The summed E-state index contributed by atoms with van der Waals surface area (Å²) >= 11 is 0. The lowest BCUT2D eigenvalue weighted by atomic mass is 10.1. The third kappa shape index (κ3) is 4.03. The number of carbonyl (C=O) groups excluding carboxylic acids is 1. The number of hydrogen-bond donors (Lipinski definition) is 1. The number of carbonyl (C=O) groups is 1. The highest BCUT2D eigenvalue weighted by molar-refractivity contribution is 6.00. The van der Waals surface area contributed by atoms with E-state index < -0.39 is 5.91 Å². The first-order chi connectivity index (χ1) is 11.2. The summed E-state index contributed by atoms with van der Waals surface area (Å²) in [5.41, 5.74) is 2.97. The molecule has 1 heterocycles. The fourth-order valence-corrected chi connectivity index (χ4v) is 2.25. The number of aromatic nitrogens is 2. The van der Waals surface area contributed by atoms with E-state index in [2.05, 4.69) is 15.5 Å². The van der Waals surface area contributed by atoms with Gasteiger partial charge in [0, 0.05) is 12.1 Å². The van der Waals surface area contributed by atoms with Crippen LogP contribution >= 0.6 is 0 Å². The van der Waals surface area contributed by atoms with Crippen LogP contribution in [0.5, 0.6) is 0 Å². The minimum absolute atomic E-state index is 0.0189. The molecule has 0 bridgehead atoms. The van der Waals surface area contributed by atoms with E-state index in [0.717, 1.165) is 12.0 Å². The molecule has 0 saturated carbocycles. The summed E-state index contributed by atoms with van der Waals surface area (Å²) in [5.74, 6) is 0.0480. The number of benzene rings is 2.